The van der Waals surface area contributed by atoms with Crippen LogP contribution >= 0.6 is 11.6 Å². The number of amides is 1. The lowest BCUT2D eigenvalue weighted by Gasteiger charge is -2.39. The highest BCUT2D eigenvalue weighted by Gasteiger charge is 2.42. The van der Waals surface area contributed by atoms with Gasteiger partial charge in [-0.3, -0.25) is 9.59 Å². The summed E-state index contributed by atoms with van der Waals surface area (Å²) in [6, 6.07) is 3.79. The lowest BCUT2D eigenvalue weighted by molar-refractivity contribution is -0.145. The Hall–Kier alpha value is -1.62. The second-order valence-corrected chi connectivity index (χ2v) is 6.07. The fourth-order valence-corrected chi connectivity index (χ4v) is 3.04. The van der Waals surface area contributed by atoms with Crippen molar-refractivity contribution in [2.24, 2.45) is 5.92 Å². The van der Waals surface area contributed by atoms with Gasteiger partial charge in [0.1, 0.15) is 5.82 Å². The van der Waals surface area contributed by atoms with Gasteiger partial charge in [0.15, 0.2) is 0 Å². The van der Waals surface area contributed by atoms with Gasteiger partial charge in [-0.15, -0.1) is 0 Å². The van der Waals surface area contributed by atoms with E-state index < -0.39 is 29.2 Å². The highest BCUT2D eigenvalue weighted by atomic mass is 35.5. The molecule has 0 bridgehead atoms. The van der Waals surface area contributed by atoms with E-state index >= 15 is 0 Å². The van der Waals surface area contributed by atoms with Gasteiger partial charge in [-0.25, -0.2) is 4.39 Å². The van der Waals surface area contributed by atoms with E-state index in [2.05, 4.69) is 5.32 Å². The molecule has 21 heavy (non-hydrogen) atoms. The molecule has 1 fully saturated rings. The van der Waals surface area contributed by atoms with Gasteiger partial charge in [-0.05, 0) is 38.0 Å². The Labute approximate surface area is 127 Å². The monoisotopic (exact) mass is 313 g/mol. The molecule has 1 aromatic carbocycles. The highest BCUT2D eigenvalue weighted by Crippen LogP contribution is 2.34. The number of carbonyl (C=O) groups is 2. The maximum atomic E-state index is 13.8. The molecule has 0 heterocycles. The van der Waals surface area contributed by atoms with Crippen molar-refractivity contribution in [3.8, 4) is 0 Å². The second kappa shape index (κ2) is 6.02. The number of benzene rings is 1. The van der Waals surface area contributed by atoms with E-state index in [4.69, 9.17) is 11.6 Å². The zero-order valence-corrected chi connectivity index (χ0v) is 12.4. The molecule has 1 amide bonds. The van der Waals surface area contributed by atoms with E-state index in [-0.39, 0.29) is 10.6 Å². The third-order valence-electron chi connectivity index (χ3n) is 4.08. The van der Waals surface area contributed by atoms with Gasteiger partial charge >= 0.3 is 5.97 Å². The first-order valence-electron chi connectivity index (χ1n) is 6.84. The van der Waals surface area contributed by atoms with Crippen LogP contribution in [0.25, 0.3) is 0 Å². The van der Waals surface area contributed by atoms with Gasteiger partial charge < -0.3 is 10.4 Å². The maximum Gasteiger partial charge on any atom is 0.308 e. The Morgan fingerprint density at radius 3 is 2.76 bits per heavy atom. The second-order valence-electron chi connectivity index (χ2n) is 5.63. The van der Waals surface area contributed by atoms with Crippen LogP contribution in [0.2, 0.25) is 5.02 Å². The maximum absolute atomic E-state index is 13.8. The van der Waals surface area contributed by atoms with Crippen molar-refractivity contribution in [3.05, 3.63) is 34.6 Å². The lowest BCUT2D eigenvalue weighted by Crippen LogP contribution is -2.55. The summed E-state index contributed by atoms with van der Waals surface area (Å²) in [7, 11) is 0. The molecule has 0 aromatic heterocycles. The molecule has 2 N–H and O–H groups in total. The van der Waals surface area contributed by atoms with Crippen molar-refractivity contribution in [1.29, 1.82) is 0 Å². The van der Waals surface area contributed by atoms with Crippen LogP contribution in [0.15, 0.2) is 18.2 Å². The van der Waals surface area contributed by atoms with Crippen molar-refractivity contribution in [3.63, 3.8) is 0 Å². The average Bonchev–Trinajstić information content (AvgIpc) is 2.37. The first kappa shape index (κ1) is 15.8. The van der Waals surface area contributed by atoms with Gasteiger partial charge in [0.05, 0.1) is 17.0 Å². The summed E-state index contributed by atoms with van der Waals surface area (Å²) in [6.45, 7) is 1.71. The molecule has 1 saturated carbocycles. The SMILES string of the molecule is CC1(NC(=O)c2ccc(Cl)cc2F)CCCCC1C(=O)O. The van der Waals surface area contributed by atoms with Crippen LogP contribution in [-0.4, -0.2) is 22.5 Å². The van der Waals surface area contributed by atoms with E-state index in [9.17, 15) is 19.1 Å². The van der Waals surface area contributed by atoms with Crippen molar-refractivity contribution in [1.82, 2.24) is 5.32 Å². The van der Waals surface area contributed by atoms with E-state index in [0.29, 0.717) is 12.8 Å². The normalized spacial score (nSPS) is 25.4. The van der Waals surface area contributed by atoms with Gasteiger partial charge in [-0.2, -0.15) is 0 Å². The molecule has 0 radical (unpaired) electrons. The number of halogens is 2. The Balaban J connectivity index is 2.22. The predicted molar refractivity (Wildman–Crippen MR) is 76.9 cm³/mol. The minimum atomic E-state index is -0.936. The van der Waals surface area contributed by atoms with E-state index in [1.165, 1.54) is 12.1 Å². The summed E-state index contributed by atoms with van der Waals surface area (Å²) in [6.07, 6.45) is 2.72. The molecule has 1 aliphatic carbocycles. The predicted octanol–water partition coefficient (Wildman–Crippen LogP) is 3.24. The standard InChI is InChI=1S/C15H17ClFNO3/c1-15(7-3-2-4-11(15)14(20)21)18-13(19)10-6-5-9(16)8-12(10)17/h5-6,8,11H,2-4,7H2,1H3,(H,18,19)(H,20,21). The van der Waals surface area contributed by atoms with E-state index in [1.807, 2.05) is 0 Å². The molecule has 2 atom stereocenters. The van der Waals surface area contributed by atoms with Crippen molar-refractivity contribution < 1.29 is 19.1 Å². The first-order chi connectivity index (χ1) is 9.83. The van der Waals surface area contributed by atoms with E-state index in [0.717, 1.165) is 18.9 Å². The Bertz CT molecular complexity index is 578. The molecule has 1 aliphatic rings. The summed E-state index contributed by atoms with van der Waals surface area (Å²) in [5.41, 5.74) is -0.997. The number of carboxylic acid groups (broad SMARTS) is 1. The lowest BCUT2D eigenvalue weighted by atomic mass is 9.73. The Morgan fingerprint density at radius 1 is 1.43 bits per heavy atom. The zero-order valence-electron chi connectivity index (χ0n) is 11.7. The topological polar surface area (TPSA) is 66.4 Å². The van der Waals surface area contributed by atoms with Crippen LogP contribution < -0.4 is 5.32 Å². The number of rotatable bonds is 3. The third-order valence-corrected chi connectivity index (χ3v) is 4.32. The van der Waals surface area contributed by atoms with Crippen molar-refractivity contribution in [2.45, 2.75) is 38.1 Å². The Morgan fingerprint density at radius 2 is 2.14 bits per heavy atom. The van der Waals surface area contributed by atoms with Crippen LogP contribution in [0.3, 0.4) is 0 Å². The van der Waals surface area contributed by atoms with Gasteiger partial charge in [0.2, 0.25) is 0 Å². The molecule has 0 aliphatic heterocycles. The van der Waals surface area contributed by atoms with Crippen LogP contribution in [0.5, 0.6) is 0 Å². The summed E-state index contributed by atoms with van der Waals surface area (Å²) >= 11 is 5.66. The first-order valence-corrected chi connectivity index (χ1v) is 7.21. The quantitative estimate of drug-likeness (QED) is 0.900. The fourth-order valence-electron chi connectivity index (χ4n) is 2.88. The molecule has 114 valence electrons. The van der Waals surface area contributed by atoms with Gasteiger partial charge in [0.25, 0.3) is 5.91 Å². The van der Waals surface area contributed by atoms with Crippen LogP contribution in [0.4, 0.5) is 4.39 Å². The number of hydrogen-bond acceptors (Lipinski definition) is 2. The molecule has 4 nitrogen and oxygen atoms in total. The molecule has 6 heteroatoms. The number of carbonyl (C=O) groups excluding carboxylic acids is 1. The number of nitrogens with one attached hydrogen (secondary N) is 1. The highest BCUT2D eigenvalue weighted by molar-refractivity contribution is 6.30. The summed E-state index contributed by atoms with van der Waals surface area (Å²) in [5, 5.41) is 12.2. The van der Waals surface area contributed by atoms with Gasteiger partial charge in [-0.1, -0.05) is 24.4 Å². The number of hydrogen-bond donors (Lipinski definition) is 2. The smallest absolute Gasteiger partial charge is 0.308 e. The molecular formula is C15H17ClFNO3. The largest absolute Gasteiger partial charge is 0.481 e. The molecule has 0 spiro atoms. The number of carboxylic acids is 1. The molecule has 2 unspecified atom stereocenters. The van der Waals surface area contributed by atoms with Crippen LogP contribution in [0, 0.1) is 11.7 Å². The van der Waals surface area contributed by atoms with Gasteiger partial charge in [0, 0.05) is 5.02 Å². The van der Waals surface area contributed by atoms with Crippen molar-refractivity contribution in [2.75, 3.05) is 0 Å². The van der Waals surface area contributed by atoms with Crippen LogP contribution in [0.1, 0.15) is 43.0 Å². The summed E-state index contributed by atoms with van der Waals surface area (Å²) in [4.78, 5) is 23.6. The summed E-state index contributed by atoms with van der Waals surface area (Å²) in [5.74, 6) is -2.93. The fraction of sp³-hybridized carbons (Fsp3) is 0.467. The van der Waals surface area contributed by atoms with Crippen molar-refractivity contribution >= 4 is 23.5 Å². The average molecular weight is 314 g/mol. The molecule has 0 saturated heterocycles. The molecular weight excluding hydrogens is 297 g/mol. The van der Waals surface area contributed by atoms with E-state index in [1.54, 1.807) is 6.92 Å². The number of aliphatic carboxylic acids is 1. The minimum absolute atomic E-state index is 0.129. The molecule has 1 aromatic rings. The Kier molecular flexibility index (Phi) is 4.52. The summed E-state index contributed by atoms with van der Waals surface area (Å²) < 4.78 is 13.8. The third kappa shape index (κ3) is 3.35. The van der Waals surface area contributed by atoms with Crippen LogP contribution in [-0.2, 0) is 4.79 Å². The minimum Gasteiger partial charge on any atom is -0.481 e. The zero-order chi connectivity index (χ0) is 15.6. The molecule has 2 rings (SSSR count).